The van der Waals surface area contributed by atoms with Crippen LogP contribution in [0.1, 0.15) is 19.3 Å². The lowest BCUT2D eigenvalue weighted by Crippen LogP contribution is -2.45. The number of carboxylic acids is 2. The smallest absolute Gasteiger partial charge is 0.321 e. The third-order valence-corrected chi connectivity index (χ3v) is 2.88. The zero-order valence-electron chi connectivity index (χ0n) is 8.63. The van der Waals surface area contributed by atoms with Crippen molar-refractivity contribution >= 4 is 22.1 Å². The quantitative estimate of drug-likeness (QED) is 0.427. The van der Waals surface area contributed by atoms with Crippen molar-refractivity contribution in [1.29, 1.82) is 0 Å². The molecular weight excluding hydrogens is 240 g/mol. The van der Waals surface area contributed by atoms with Crippen LogP contribution in [0.25, 0.3) is 0 Å². The highest BCUT2D eigenvalue weighted by Gasteiger charge is 2.22. The highest BCUT2D eigenvalue weighted by atomic mass is 32.2. The lowest BCUT2D eigenvalue weighted by atomic mass is 10.1. The summed E-state index contributed by atoms with van der Waals surface area (Å²) < 4.78 is 25.8. The van der Waals surface area contributed by atoms with Crippen LogP contribution in [0, 0.1) is 0 Å². The summed E-state index contributed by atoms with van der Waals surface area (Å²) in [5, 5.41) is 17.0. The molecule has 94 valence electrons. The summed E-state index contributed by atoms with van der Waals surface area (Å²) in [4.78, 5) is 20.9. The van der Waals surface area contributed by atoms with Crippen molar-refractivity contribution in [3.8, 4) is 0 Å². The van der Waals surface area contributed by atoms with E-state index in [2.05, 4.69) is 0 Å². The molecule has 9 heteroatoms. The van der Waals surface area contributed by atoms with Crippen LogP contribution in [0.15, 0.2) is 0 Å². The Bertz CT molecular complexity index is 352. The first-order valence-corrected chi connectivity index (χ1v) is 5.92. The average molecular weight is 254 g/mol. The molecule has 0 aromatic carbocycles. The second kappa shape index (κ2) is 6.40. The van der Waals surface area contributed by atoms with Gasteiger partial charge in [-0.1, -0.05) is 0 Å². The normalized spacial score (nSPS) is 13.3. The first-order chi connectivity index (χ1) is 7.28. The summed E-state index contributed by atoms with van der Waals surface area (Å²) in [6.45, 7) is 0. The third-order valence-electron chi connectivity index (χ3n) is 1.75. The van der Waals surface area contributed by atoms with Crippen LogP contribution < -0.4 is 9.44 Å². The standard InChI is InChI=1S/C7H14N2O6S/c1-8-16(14,15)9-5(7(12)13)3-2-4-6(10)11/h5,8-9H,2-4H2,1H3,(H,10,11)(H,12,13)/t5-/m1/s1. The first-order valence-electron chi connectivity index (χ1n) is 4.44. The number of carbonyl (C=O) groups is 2. The van der Waals surface area contributed by atoms with Crippen molar-refractivity contribution in [1.82, 2.24) is 9.44 Å². The van der Waals surface area contributed by atoms with Gasteiger partial charge in [0.15, 0.2) is 0 Å². The molecule has 4 N–H and O–H groups in total. The van der Waals surface area contributed by atoms with E-state index in [0.29, 0.717) is 0 Å². The van der Waals surface area contributed by atoms with Crippen LogP contribution in [0.3, 0.4) is 0 Å². The molecule has 0 rings (SSSR count). The van der Waals surface area contributed by atoms with Gasteiger partial charge in [-0.05, 0) is 12.8 Å². The Balaban J connectivity index is 4.30. The summed E-state index contributed by atoms with van der Waals surface area (Å²) in [6.07, 6.45) is -0.202. The molecule has 1 atom stereocenters. The fraction of sp³-hybridized carbons (Fsp3) is 0.714. The van der Waals surface area contributed by atoms with Gasteiger partial charge >= 0.3 is 11.9 Å². The molecule has 0 aliphatic rings. The molecule has 0 amide bonds. The van der Waals surface area contributed by atoms with Crippen molar-refractivity contribution in [3.63, 3.8) is 0 Å². The molecule has 0 saturated heterocycles. The van der Waals surface area contributed by atoms with Gasteiger partial charge in [-0.15, -0.1) is 0 Å². The average Bonchev–Trinajstić information content (AvgIpc) is 2.15. The Labute approximate surface area is 92.8 Å². The van der Waals surface area contributed by atoms with E-state index in [1.54, 1.807) is 0 Å². The minimum atomic E-state index is -3.84. The number of carboxylic acid groups (broad SMARTS) is 2. The van der Waals surface area contributed by atoms with Gasteiger partial charge in [-0.2, -0.15) is 13.1 Å². The zero-order chi connectivity index (χ0) is 12.8. The Morgan fingerprint density at radius 1 is 1.31 bits per heavy atom. The predicted molar refractivity (Wildman–Crippen MR) is 54.0 cm³/mol. The van der Waals surface area contributed by atoms with Gasteiger partial charge in [-0.3, -0.25) is 9.59 Å². The van der Waals surface area contributed by atoms with Gasteiger partial charge in [0.2, 0.25) is 0 Å². The summed E-state index contributed by atoms with van der Waals surface area (Å²) in [6, 6.07) is -1.32. The molecule has 0 aromatic heterocycles. The Morgan fingerprint density at radius 3 is 2.25 bits per heavy atom. The van der Waals surface area contributed by atoms with Gasteiger partial charge in [-0.25, -0.2) is 4.72 Å². The molecule has 16 heavy (non-hydrogen) atoms. The molecule has 0 heterocycles. The van der Waals surface area contributed by atoms with Crippen molar-refractivity contribution in [2.24, 2.45) is 0 Å². The van der Waals surface area contributed by atoms with Gasteiger partial charge in [0.25, 0.3) is 10.2 Å². The maximum atomic E-state index is 11.0. The van der Waals surface area contributed by atoms with Crippen LogP contribution >= 0.6 is 0 Å². The summed E-state index contributed by atoms with van der Waals surface area (Å²) in [7, 11) is -2.71. The monoisotopic (exact) mass is 254 g/mol. The van der Waals surface area contributed by atoms with Gasteiger partial charge < -0.3 is 10.2 Å². The van der Waals surface area contributed by atoms with E-state index in [4.69, 9.17) is 10.2 Å². The zero-order valence-corrected chi connectivity index (χ0v) is 9.45. The molecule has 0 aliphatic heterocycles. The molecule has 0 saturated carbocycles. The minimum Gasteiger partial charge on any atom is -0.481 e. The van der Waals surface area contributed by atoms with Crippen molar-refractivity contribution in [2.45, 2.75) is 25.3 Å². The molecule has 0 radical (unpaired) electrons. The second-order valence-electron chi connectivity index (χ2n) is 3.00. The SMILES string of the molecule is CNS(=O)(=O)N[C@H](CCCC(=O)O)C(=O)O. The summed E-state index contributed by atoms with van der Waals surface area (Å²) >= 11 is 0. The Hall–Kier alpha value is -1.19. The van der Waals surface area contributed by atoms with E-state index in [0.717, 1.165) is 7.05 Å². The van der Waals surface area contributed by atoms with Gasteiger partial charge in [0, 0.05) is 13.5 Å². The predicted octanol–water partition coefficient (Wildman–Crippen LogP) is -1.25. The lowest BCUT2D eigenvalue weighted by molar-refractivity contribution is -0.140. The molecular formula is C7H14N2O6S. The van der Waals surface area contributed by atoms with Crippen LogP contribution in [0.4, 0.5) is 0 Å². The molecule has 0 spiro atoms. The number of aliphatic carboxylic acids is 2. The van der Waals surface area contributed by atoms with Crippen LogP contribution in [0.2, 0.25) is 0 Å². The van der Waals surface area contributed by atoms with Crippen molar-refractivity contribution < 1.29 is 28.2 Å². The van der Waals surface area contributed by atoms with E-state index in [1.165, 1.54) is 0 Å². The maximum Gasteiger partial charge on any atom is 0.321 e. The van der Waals surface area contributed by atoms with E-state index in [-0.39, 0.29) is 19.3 Å². The minimum absolute atomic E-state index is 0.0808. The first kappa shape index (κ1) is 14.8. The van der Waals surface area contributed by atoms with Crippen LogP contribution in [-0.4, -0.2) is 43.7 Å². The van der Waals surface area contributed by atoms with Gasteiger partial charge in [0.05, 0.1) is 0 Å². The maximum absolute atomic E-state index is 11.0. The Morgan fingerprint density at radius 2 is 1.88 bits per heavy atom. The van der Waals surface area contributed by atoms with Crippen LogP contribution in [0.5, 0.6) is 0 Å². The lowest BCUT2D eigenvalue weighted by Gasteiger charge is -2.13. The van der Waals surface area contributed by atoms with Crippen molar-refractivity contribution in [2.75, 3.05) is 7.05 Å². The van der Waals surface area contributed by atoms with E-state index < -0.39 is 28.2 Å². The Kier molecular flexibility index (Phi) is 5.93. The summed E-state index contributed by atoms with van der Waals surface area (Å²) in [5.41, 5.74) is 0. The summed E-state index contributed by atoms with van der Waals surface area (Å²) in [5.74, 6) is -2.40. The molecule has 0 bridgehead atoms. The topological polar surface area (TPSA) is 133 Å². The number of hydrogen-bond donors (Lipinski definition) is 4. The largest absolute Gasteiger partial charge is 0.481 e. The van der Waals surface area contributed by atoms with E-state index in [1.807, 2.05) is 9.44 Å². The molecule has 0 aromatic rings. The van der Waals surface area contributed by atoms with Crippen LogP contribution in [-0.2, 0) is 19.8 Å². The van der Waals surface area contributed by atoms with E-state index >= 15 is 0 Å². The third kappa shape index (κ3) is 6.32. The molecule has 0 aliphatic carbocycles. The fourth-order valence-electron chi connectivity index (χ4n) is 0.936. The van der Waals surface area contributed by atoms with Gasteiger partial charge in [0.1, 0.15) is 6.04 Å². The number of rotatable bonds is 8. The number of nitrogens with one attached hydrogen (secondary N) is 2. The molecule has 8 nitrogen and oxygen atoms in total. The van der Waals surface area contributed by atoms with Crippen molar-refractivity contribution in [3.05, 3.63) is 0 Å². The highest BCUT2D eigenvalue weighted by Crippen LogP contribution is 2.02. The highest BCUT2D eigenvalue weighted by molar-refractivity contribution is 7.87. The van der Waals surface area contributed by atoms with E-state index in [9.17, 15) is 18.0 Å². The second-order valence-corrected chi connectivity index (χ2v) is 4.65. The molecule has 0 fully saturated rings. The molecule has 0 unspecified atom stereocenters. The number of hydrogen-bond acceptors (Lipinski definition) is 4. The fourth-order valence-corrected chi connectivity index (χ4v) is 1.65.